The minimum atomic E-state index is 0.531. The van der Waals surface area contributed by atoms with Crippen molar-refractivity contribution >= 4 is 0 Å². The van der Waals surface area contributed by atoms with Gasteiger partial charge in [0.15, 0.2) is 0 Å². The average Bonchev–Trinajstić information content (AvgIpc) is 2.39. The molecule has 0 aliphatic carbocycles. The Kier molecular flexibility index (Phi) is 4.72. The van der Waals surface area contributed by atoms with Crippen LogP contribution in [0.15, 0.2) is 18.2 Å². The highest BCUT2D eigenvalue weighted by molar-refractivity contribution is 5.11. The van der Waals surface area contributed by atoms with Crippen LogP contribution in [0.2, 0.25) is 0 Å². The third-order valence-electron chi connectivity index (χ3n) is 4.03. The molecule has 0 unspecified atom stereocenters. The van der Waals surface area contributed by atoms with Crippen molar-refractivity contribution in [3.8, 4) is 0 Å². The summed E-state index contributed by atoms with van der Waals surface area (Å²) in [5.74, 6) is 1.73. The number of rotatable bonds is 4. The third kappa shape index (κ3) is 3.53. The Morgan fingerprint density at radius 2 is 1.94 bits per heavy atom. The molecule has 1 aliphatic heterocycles. The first-order valence-electron chi connectivity index (χ1n) is 7.06. The van der Waals surface area contributed by atoms with E-state index in [0.717, 1.165) is 29.8 Å². The number of pyridine rings is 1. The van der Waals surface area contributed by atoms with E-state index >= 15 is 0 Å². The molecule has 0 amide bonds. The number of nitrogens with two attached hydrogens (primary N) is 1. The molecule has 0 atom stereocenters. The first-order valence-corrected chi connectivity index (χ1v) is 7.06. The van der Waals surface area contributed by atoms with Gasteiger partial charge in [0.1, 0.15) is 0 Å². The topological polar surface area (TPSA) is 42.1 Å². The van der Waals surface area contributed by atoms with Crippen molar-refractivity contribution < 1.29 is 0 Å². The molecule has 1 aliphatic rings. The summed E-state index contributed by atoms with van der Waals surface area (Å²) in [6, 6.07) is 6.16. The Labute approximate surface area is 110 Å². The quantitative estimate of drug-likeness (QED) is 0.888. The Hall–Kier alpha value is -0.930. The molecule has 0 aromatic carbocycles. The van der Waals surface area contributed by atoms with Gasteiger partial charge in [-0.2, -0.15) is 0 Å². The van der Waals surface area contributed by atoms with E-state index in [2.05, 4.69) is 35.9 Å². The highest BCUT2D eigenvalue weighted by Gasteiger charge is 2.21. The smallest absolute Gasteiger partial charge is 0.0547 e. The normalized spacial score (nSPS) is 18.4. The summed E-state index contributed by atoms with van der Waals surface area (Å²) in [6.07, 6.45) is 2.66. The van der Waals surface area contributed by atoms with Gasteiger partial charge in [-0.3, -0.25) is 9.88 Å². The Balaban J connectivity index is 1.87. The van der Waals surface area contributed by atoms with Gasteiger partial charge in [0.2, 0.25) is 0 Å². The second-order valence-electron chi connectivity index (χ2n) is 5.68. The van der Waals surface area contributed by atoms with E-state index in [0.29, 0.717) is 6.54 Å². The second kappa shape index (κ2) is 6.30. The van der Waals surface area contributed by atoms with E-state index < -0.39 is 0 Å². The number of hydrogen-bond donors (Lipinski definition) is 1. The van der Waals surface area contributed by atoms with Crippen molar-refractivity contribution in [1.29, 1.82) is 0 Å². The van der Waals surface area contributed by atoms with Gasteiger partial charge in [-0.15, -0.1) is 0 Å². The minimum absolute atomic E-state index is 0.531. The highest BCUT2D eigenvalue weighted by atomic mass is 15.1. The monoisotopic (exact) mass is 247 g/mol. The van der Waals surface area contributed by atoms with Gasteiger partial charge in [-0.25, -0.2) is 0 Å². The zero-order valence-corrected chi connectivity index (χ0v) is 11.6. The van der Waals surface area contributed by atoms with E-state index in [1.807, 2.05) is 6.07 Å². The number of nitrogens with zero attached hydrogens (tertiary/aromatic N) is 2. The van der Waals surface area contributed by atoms with Crippen LogP contribution < -0.4 is 5.73 Å². The summed E-state index contributed by atoms with van der Waals surface area (Å²) in [4.78, 5) is 7.09. The Morgan fingerprint density at radius 3 is 2.56 bits per heavy atom. The third-order valence-corrected chi connectivity index (χ3v) is 4.03. The molecule has 1 aromatic heterocycles. The van der Waals surface area contributed by atoms with Gasteiger partial charge in [0.05, 0.1) is 11.4 Å². The van der Waals surface area contributed by atoms with Crippen molar-refractivity contribution in [2.75, 3.05) is 13.1 Å². The van der Waals surface area contributed by atoms with Crippen LogP contribution in [0.5, 0.6) is 0 Å². The van der Waals surface area contributed by atoms with Gasteiger partial charge >= 0.3 is 0 Å². The lowest BCUT2D eigenvalue weighted by atomic mass is 9.87. The molecule has 0 radical (unpaired) electrons. The number of aromatic nitrogens is 1. The first-order chi connectivity index (χ1) is 8.69. The molecule has 2 N–H and O–H groups in total. The molecule has 18 heavy (non-hydrogen) atoms. The zero-order valence-electron chi connectivity index (χ0n) is 11.6. The van der Waals surface area contributed by atoms with Crippen LogP contribution in [0, 0.1) is 11.8 Å². The maximum Gasteiger partial charge on any atom is 0.0547 e. The predicted molar refractivity (Wildman–Crippen MR) is 75.0 cm³/mol. The molecule has 1 saturated heterocycles. The SMILES string of the molecule is CC(C)C1CCN(Cc2cccc(CN)n2)CC1. The molecule has 3 nitrogen and oxygen atoms in total. The molecular weight excluding hydrogens is 222 g/mol. The fourth-order valence-electron chi connectivity index (χ4n) is 2.74. The maximum absolute atomic E-state index is 5.63. The maximum atomic E-state index is 5.63. The largest absolute Gasteiger partial charge is 0.325 e. The summed E-state index contributed by atoms with van der Waals surface area (Å²) < 4.78 is 0. The summed E-state index contributed by atoms with van der Waals surface area (Å²) in [7, 11) is 0. The lowest BCUT2D eigenvalue weighted by molar-refractivity contribution is 0.150. The Bertz CT molecular complexity index is 368. The number of likely N-dealkylation sites (tertiary alicyclic amines) is 1. The highest BCUT2D eigenvalue weighted by Crippen LogP contribution is 2.25. The van der Waals surface area contributed by atoms with Crippen molar-refractivity contribution in [2.45, 2.75) is 39.8 Å². The Morgan fingerprint density at radius 1 is 1.28 bits per heavy atom. The van der Waals surface area contributed by atoms with Crippen LogP contribution in [0.1, 0.15) is 38.1 Å². The molecule has 1 fully saturated rings. The van der Waals surface area contributed by atoms with Crippen molar-refractivity contribution in [2.24, 2.45) is 17.6 Å². The molecule has 0 saturated carbocycles. The molecule has 0 bridgehead atoms. The number of piperidine rings is 1. The standard InChI is InChI=1S/C15H25N3/c1-12(2)13-6-8-18(9-7-13)11-15-5-3-4-14(10-16)17-15/h3-5,12-13H,6-11,16H2,1-2H3. The summed E-state index contributed by atoms with van der Waals surface area (Å²) in [5.41, 5.74) is 7.77. The molecular formula is C15H25N3. The molecule has 100 valence electrons. The average molecular weight is 247 g/mol. The van der Waals surface area contributed by atoms with Crippen LogP contribution in [-0.4, -0.2) is 23.0 Å². The van der Waals surface area contributed by atoms with E-state index in [1.165, 1.54) is 25.9 Å². The van der Waals surface area contributed by atoms with E-state index in [-0.39, 0.29) is 0 Å². The van der Waals surface area contributed by atoms with E-state index in [4.69, 9.17) is 5.73 Å². The molecule has 1 aromatic rings. The van der Waals surface area contributed by atoms with Crippen LogP contribution in [-0.2, 0) is 13.1 Å². The van der Waals surface area contributed by atoms with E-state index in [9.17, 15) is 0 Å². The lowest BCUT2D eigenvalue weighted by Gasteiger charge is -2.33. The van der Waals surface area contributed by atoms with Crippen molar-refractivity contribution in [3.05, 3.63) is 29.6 Å². The lowest BCUT2D eigenvalue weighted by Crippen LogP contribution is -2.35. The summed E-state index contributed by atoms with van der Waals surface area (Å²) in [6.45, 7) is 8.59. The van der Waals surface area contributed by atoms with Crippen LogP contribution in [0.25, 0.3) is 0 Å². The minimum Gasteiger partial charge on any atom is -0.325 e. The summed E-state index contributed by atoms with van der Waals surface area (Å²) >= 11 is 0. The fraction of sp³-hybridized carbons (Fsp3) is 0.667. The summed E-state index contributed by atoms with van der Waals surface area (Å²) in [5, 5.41) is 0. The zero-order chi connectivity index (χ0) is 13.0. The fourth-order valence-corrected chi connectivity index (χ4v) is 2.74. The van der Waals surface area contributed by atoms with Crippen LogP contribution in [0.3, 0.4) is 0 Å². The first kappa shape index (κ1) is 13.5. The van der Waals surface area contributed by atoms with Crippen LogP contribution in [0.4, 0.5) is 0 Å². The predicted octanol–water partition coefficient (Wildman–Crippen LogP) is 2.41. The molecule has 2 heterocycles. The van der Waals surface area contributed by atoms with Gasteiger partial charge in [-0.05, 0) is 49.9 Å². The molecule has 3 heteroatoms. The molecule has 2 rings (SSSR count). The second-order valence-corrected chi connectivity index (χ2v) is 5.68. The molecule has 0 spiro atoms. The van der Waals surface area contributed by atoms with Gasteiger partial charge in [-0.1, -0.05) is 19.9 Å². The van der Waals surface area contributed by atoms with Gasteiger partial charge in [0, 0.05) is 13.1 Å². The van der Waals surface area contributed by atoms with Crippen molar-refractivity contribution in [3.63, 3.8) is 0 Å². The van der Waals surface area contributed by atoms with E-state index in [1.54, 1.807) is 0 Å². The van der Waals surface area contributed by atoms with Gasteiger partial charge in [0.25, 0.3) is 0 Å². The number of hydrogen-bond acceptors (Lipinski definition) is 3. The van der Waals surface area contributed by atoms with Gasteiger partial charge < -0.3 is 5.73 Å². The van der Waals surface area contributed by atoms with Crippen molar-refractivity contribution in [1.82, 2.24) is 9.88 Å². The van der Waals surface area contributed by atoms with Crippen LogP contribution >= 0.6 is 0 Å².